The molecule has 5 rings (SSSR count). The van der Waals surface area contributed by atoms with Crippen LogP contribution < -0.4 is 5.32 Å². The normalized spacial score (nSPS) is 23.1. The Hall–Kier alpha value is -2.31. The standard InChI is InChI=1S/C31H41ClN2O4/c1-18-25(28(35)33-24-14-21(15-24)29(36)37)26(32)27(34(18)17-19-8-6-5-7-9-19)20-12-22(30(2,3)38)16-23(13-20)31(4)10-11-31/h12-13,16,19,21,24,38H,5-11,14-15,17H2,1-4H3,(H,33,35)(H,36,37). The summed E-state index contributed by atoms with van der Waals surface area (Å²) in [4.78, 5) is 24.8. The Bertz CT molecular complexity index is 1220. The molecule has 3 aliphatic rings. The van der Waals surface area contributed by atoms with Crippen LogP contribution in [0.4, 0.5) is 0 Å². The van der Waals surface area contributed by atoms with Crippen molar-refractivity contribution in [2.24, 2.45) is 11.8 Å². The number of benzene rings is 1. The predicted octanol–water partition coefficient (Wildman–Crippen LogP) is 6.57. The van der Waals surface area contributed by atoms with E-state index in [-0.39, 0.29) is 17.4 Å². The second-order valence-corrected chi connectivity index (χ2v) is 13.2. The molecule has 3 aliphatic carbocycles. The van der Waals surface area contributed by atoms with E-state index in [2.05, 4.69) is 28.9 Å². The minimum atomic E-state index is -1.01. The number of nitrogens with one attached hydrogen (secondary N) is 1. The lowest BCUT2D eigenvalue weighted by molar-refractivity contribution is -0.145. The molecule has 1 amide bonds. The highest BCUT2D eigenvalue weighted by atomic mass is 35.5. The van der Waals surface area contributed by atoms with Crippen molar-refractivity contribution in [1.29, 1.82) is 0 Å². The van der Waals surface area contributed by atoms with Gasteiger partial charge >= 0.3 is 5.97 Å². The fourth-order valence-corrected chi connectivity index (χ4v) is 6.67. The summed E-state index contributed by atoms with van der Waals surface area (Å²) in [6, 6.07) is 6.20. The lowest BCUT2D eigenvalue weighted by Crippen LogP contribution is -2.46. The third kappa shape index (κ3) is 5.27. The summed E-state index contributed by atoms with van der Waals surface area (Å²) in [6.07, 6.45) is 9.19. The van der Waals surface area contributed by atoms with Gasteiger partial charge in [-0.25, -0.2) is 0 Å². The molecule has 1 aromatic heterocycles. The number of rotatable bonds is 8. The quantitative estimate of drug-likeness (QED) is 0.353. The van der Waals surface area contributed by atoms with E-state index in [0.717, 1.165) is 41.9 Å². The monoisotopic (exact) mass is 540 g/mol. The summed E-state index contributed by atoms with van der Waals surface area (Å²) >= 11 is 7.12. The molecular formula is C31H41ClN2O4. The van der Waals surface area contributed by atoms with Gasteiger partial charge in [0.25, 0.3) is 5.91 Å². The number of hydrogen-bond donors (Lipinski definition) is 3. The number of hydrogen-bond acceptors (Lipinski definition) is 3. The van der Waals surface area contributed by atoms with Crippen molar-refractivity contribution in [3.05, 3.63) is 45.6 Å². The fourth-order valence-electron chi connectivity index (χ4n) is 6.24. The summed E-state index contributed by atoms with van der Waals surface area (Å²) in [5.41, 5.74) is 4.23. The maximum Gasteiger partial charge on any atom is 0.306 e. The molecule has 3 saturated carbocycles. The van der Waals surface area contributed by atoms with Crippen molar-refractivity contribution in [3.63, 3.8) is 0 Å². The lowest BCUT2D eigenvalue weighted by Gasteiger charge is -2.32. The van der Waals surface area contributed by atoms with E-state index in [9.17, 15) is 19.8 Å². The highest BCUT2D eigenvalue weighted by Crippen LogP contribution is 2.50. The van der Waals surface area contributed by atoms with E-state index in [1.165, 1.54) is 37.7 Å². The molecule has 1 heterocycles. The van der Waals surface area contributed by atoms with Gasteiger partial charge in [-0.15, -0.1) is 0 Å². The van der Waals surface area contributed by atoms with E-state index in [4.69, 9.17) is 11.6 Å². The van der Waals surface area contributed by atoms with Crippen LogP contribution in [0.1, 0.15) is 106 Å². The summed E-state index contributed by atoms with van der Waals surface area (Å²) in [7, 11) is 0. The van der Waals surface area contributed by atoms with Crippen LogP contribution in [-0.2, 0) is 22.4 Å². The first-order chi connectivity index (χ1) is 17.9. The first-order valence-electron chi connectivity index (χ1n) is 14.2. The molecule has 0 unspecified atom stereocenters. The van der Waals surface area contributed by atoms with Gasteiger partial charge in [-0.05, 0) is 93.9 Å². The molecule has 2 aromatic rings. The number of carboxylic acid groups (broad SMARTS) is 1. The zero-order valence-corrected chi connectivity index (χ0v) is 23.8. The second-order valence-electron chi connectivity index (χ2n) is 12.8. The average molecular weight is 541 g/mol. The van der Waals surface area contributed by atoms with Crippen molar-refractivity contribution in [2.75, 3.05) is 0 Å². The van der Waals surface area contributed by atoms with Crippen molar-refractivity contribution < 1.29 is 19.8 Å². The van der Waals surface area contributed by atoms with Crippen LogP contribution >= 0.6 is 11.6 Å². The topological polar surface area (TPSA) is 91.6 Å². The zero-order valence-electron chi connectivity index (χ0n) is 23.1. The molecular weight excluding hydrogens is 500 g/mol. The number of carboxylic acids is 1. The van der Waals surface area contributed by atoms with E-state index < -0.39 is 17.5 Å². The molecule has 0 bridgehead atoms. The van der Waals surface area contributed by atoms with Crippen LogP contribution in [0, 0.1) is 18.8 Å². The highest BCUT2D eigenvalue weighted by Gasteiger charge is 2.41. The first kappa shape index (κ1) is 27.3. The molecule has 0 aliphatic heterocycles. The van der Waals surface area contributed by atoms with E-state index in [1.54, 1.807) is 13.8 Å². The van der Waals surface area contributed by atoms with Crippen LogP contribution in [0.3, 0.4) is 0 Å². The maximum absolute atomic E-state index is 13.5. The minimum absolute atomic E-state index is 0.101. The second kappa shape index (κ2) is 10.0. The van der Waals surface area contributed by atoms with Crippen LogP contribution in [0.25, 0.3) is 11.3 Å². The largest absolute Gasteiger partial charge is 0.481 e. The van der Waals surface area contributed by atoms with Crippen LogP contribution in [0.2, 0.25) is 5.02 Å². The summed E-state index contributed by atoms with van der Waals surface area (Å²) in [5.74, 6) is -0.910. The molecule has 3 N–H and O–H groups in total. The molecule has 3 fully saturated rings. The van der Waals surface area contributed by atoms with Crippen LogP contribution in [-0.4, -0.2) is 32.7 Å². The number of amides is 1. The van der Waals surface area contributed by atoms with Gasteiger partial charge in [-0.2, -0.15) is 0 Å². The molecule has 206 valence electrons. The average Bonchev–Trinajstić information content (AvgIpc) is 3.53. The number of halogens is 1. The zero-order chi connectivity index (χ0) is 27.4. The molecule has 0 spiro atoms. The smallest absolute Gasteiger partial charge is 0.306 e. The van der Waals surface area contributed by atoms with Gasteiger partial charge in [0, 0.05) is 23.8 Å². The van der Waals surface area contributed by atoms with Crippen molar-refractivity contribution in [3.8, 4) is 11.3 Å². The van der Waals surface area contributed by atoms with Crippen LogP contribution in [0.5, 0.6) is 0 Å². The number of aromatic nitrogens is 1. The Balaban J connectivity index is 1.57. The molecule has 6 nitrogen and oxygen atoms in total. The third-order valence-electron chi connectivity index (χ3n) is 9.29. The lowest BCUT2D eigenvalue weighted by atomic mass is 9.80. The first-order valence-corrected chi connectivity index (χ1v) is 14.6. The minimum Gasteiger partial charge on any atom is -0.481 e. The number of carbonyl (C=O) groups excluding carboxylic acids is 1. The van der Waals surface area contributed by atoms with Gasteiger partial charge in [0.1, 0.15) is 0 Å². The molecule has 1 aromatic carbocycles. The van der Waals surface area contributed by atoms with Crippen molar-refractivity contribution in [2.45, 2.75) is 109 Å². The number of carbonyl (C=O) groups is 2. The van der Waals surface area contributed by atoms with Crippen LogP contribution in [0.15, 0.2) is 18.2 Å². The van der Waals surface area contributed by atoms with E-state index in [1.807, 2.05) is 13.0 Å². The molecule has 38 heavy (non-hydrogen) atoms. The summed E-state index contributed by atoms with van der Waals surface area (Å²) < 4.78 is 2.23. The number of nitrogens with zero attached hydrogens (tertiary/aromatic N) is 1. The van der Waals surface area contributed by atoms with Gasteiger partial charge in [0.15, 0.2) is 0 Å². The van der Waals surface area contributed by atoms with Gasteiger partial charge in [0.05, 0.1) is 27.8 Å². The van der Waals surface area contributed by atoms with Gasteiger partial charge in [-0.3, -0.25) is 9.59 Å². The fraction of sp³-hybridized carbons (Fsp3) is 0.613. The van der Waals surface area contributed by atoms with Gasteiger partial charge < -0.3 is 20.1 Å². The molecule has 7 heteroatoms. The van der Waals surface area contributed by atoms with Crippen molar-refractivity contribution >= 4 is 23.5 Å². The molecule has 0 saturated heterocycles. The number of aliphatic carboxylic acids is 1. The maximum atomic E-state index is 13.5. The number of aliphatic hydroxyl groups is 1. The summed E-state index contributed by atoms with van der Waals surface area (Å²) in [5, 5.41) is 23.7. The highest BCUT2D eigenvalue weighted by molar-refractivity contribution is 6.36. The Labute approximate surface area is 230 Å². The Kier molecular flexibility index (Phi) is 7.19. The van der Waals surface area contributed by atoms with E-state index >= 15 is 0 Å². The molecule has 0 atom stereocenters. The predicted molar refractivity (Wildman–Crippen MR) is 150 cm³/mol. The Morgan fingerprint density at radius 3 is 2.37 bits per heavy atom. The van der Waals surface area contributed by atoms with Gasteiger partial charge in [0.2, 0.25) is 0 Å². The van der Waals surface area contributed by atoms with Gasteiger partial charge in [-0.1, -0.05) is 43.9 Å². The van der Waals surface area contributed by atoms with E-state index in [0.29, 0.717) is 29.3 Å². The van der Waals surface area contributed by atoms with Crippen molar-refractivity contribution in [1.82, 2.24) is 9.88 Å². The Morgan fingerprint density at radius 2 is 1.79 bits per heavy atom. The Morgan fingerprint density at radius 1 is 1.13 bits per heavy atom. The SMILES string of the molecule is Cc1c(C(=O)NC2CC(C(=O)O)C2)c(Cl)c(-c2cc(C(C)(C)O)cc(C3(C)CC3)c2)n1CC1CCCCC1. The molecule has 0 radical (unpaired) electrons. The third-order valence-corrected chi connectivity index (χ3v) is 9.66. The summed E-state index contributed by atoms with van der Waals surface area (Å²) in [6.45, 7) is 8.65.